The summed E-state index contributed by atoms with van der Waals surface area (Å²) in [6.45, 7) is 2.07. The summed E-state index contributed by atoms with van der Waals surface area (Å²) in [7, 11) is 0. The van der Waals surface area contributed by atoms with Crippen LogP contribution < -0.4 is 5.56 Å². The van der Waals surface area contributed by atoms with Crippen LogP contribution in [0.1, 0.15) is 17.0 Å². The van der Waals surface area contributed by atoms with Gasteiger partial charge in [-0.25, -0.2) is 4.98 Å². The molecule has 0 unspecified atom stereocenters. The maximum Gasteiger partial charge on any atom is 0.266 e. The van der Waals surface area contributed by atoms with Gasteiger partial charge in [0, 0.05) is 5.39 Å². The Bertz CT molecular complexity index is 1470. The minimum absolute atomic E-state index is 0.0682. The Morgan fingerprint density at radius 3 is 2.30 bits per heavy atom. The van der Waals surface area contributed by atoms with Gasteiger partial charge in [-0.1, -0.05) is 78.9 Å². The van der Waals surface area contributed by atoms with E-state index < -0.39 is 0 Å². The van der Waals surface area contributed by atoms with Crippen molar-refractivity contribution >= 4 is 33.8 Å². The van der Waals surface area contributed by atoms with Gasteiger partial charge in [0.25, 0.3) is 5.56 Å². The lowest BCUT2D eigenvalue weighted by Gasteiger charge is -2.14. The Morgan fingerprint density at radius 1 is 0.733 bits per heavy atom. The smallest absolute Gasteiger partial charge is 0.266 e. The van der Waals surface area contributed by atoms with Crippen LogP contribution in [0.15, 0.2) is 95.8 Å². The Balaban J connectivity index is 1.82. The van der Waals surface area contributed by atoms with Crippen LogP contribution in [0.4, 0.5) is 0 Å². The van der Waals surface area contributed by atoms with Crippen LogP contribution >= 0.6 is 0 Å². The highest BCUT2D eigenvalue weighted by molar-refractivity contribution is 5.91. The van der Waals surface area contributed by atoms with Crippen molar-refractivity contribution in [1.29, 1.82) is 0 Å². The number of rotatable bonds is 3. The van der Waals surface area contributed by atoms with Crippen molar-refractivity contribution in [3.05, 3.63) is 118 Å². The van der Waals surface area contributed by atoms with Crippen LogP contribution in [0.5, 0.6) is 0 Å². The molecule has 5 rings (SSSR count). The molecule has 0 aliphatic carbocycles. The average Bonchev–Trinajstić information content (AvgIpc) is 2.78. The molecule has 0 saturated carbocycles. The van der Waals surface area contributed by atoms with Crippen molar-refractivity contribution in [2.45, 2.75) is 6.92 Å². The molecule has 1 heterocycles. The van der Waals surface area contributed by atoms with E-state index in [9.17, 15) is 4.79 Å². The van der Waals surface area contributed by atoms with E-state index in [4.69, 9.17) is 4.98 Å². The molecular formula is C27H20N2O. The molecule has 0 saturated heterocycles. The van der Waals surface area contributed by atoms with E-state index in [2.05, 4.69) is 31.2 Å². The largest absolute Gasteiger partial charge is 0.268 e. The van der Waals surface area contributed by atoms with E-state index in [1.165, 1.54) is 5.56 Å². The van der Waals surface area contributed by atoms with Crippen LogP contribution in [0.25, 0.3) is 39.5 Å². The predicted octanol–water partition coefficient (Wildman–Crippen LogP) is 6.02. The summed E-state index contributed by atoms with van der Waals surface area (Å²) in [5.74, 6) is 0.610. The lowest BCUT2D eigenvalue weighted by atomic mass is 10.1. The summed E-state index contributed by atoms with van der Waals surface area (Å²) in [6.07, 6.45) is 3.95. The summed E-state index contributed by atoms with van der Waals surface area (Å²) < 4.78 is 1.72. The normalized spacial score (nSPS) is 11.5. The van der Waals surface area contributed by atoms with E-state index in [-0.39, 0.29) is 5.56 Å². The van der Waals surface area contributed by atoms with E-state index >= 15 is 0 Å². The number of aromatic nitrogens is 2. The third-order valence-electron chi connectivity index (χ3n) is 5.41. The van der Waals surface area contributed by atoms with Crippen LogP contribution in [-0.4, -0.2) is 9.55 Å². The molecule has 0 aliphatic rings. The van der Waals surface area contributed by atoms with Gasteiger partial charge in [-0.2, -0.15) is 0 Å². The van der Waals surface area contributed by atoms with E-state index in [0.29, 0.717) is 16.7 Å². The van der Waals surface area contributed by atoms with Gasteiger partial charge in [0.15, 0.2) is 0 Å². The van der Waals surface area contributed by atoms with Gasteiger partial charge in [0.2, 0.25) is 0 Å². The van der Waals surface area contributed by atoms with Crippen LogP contribution in [0.3, 0.4) is 0 Å². The van der Waals surface area contributed by atoms with Crippen LogP contribution in [0, 0.1) is 6.92 Å². The molecule has 0 fully saturated rings. The third-order valence-corrected chi connectivity index (χ3v) is 5.41. The molecule has 3 heteroatoms. The molecule has 0 atom stereocenters. The lowest BCUT2D eigenvalue weighted by molar-refractivity contribution is 0.952. The van der Waals surface area contributed by atoms with Crippen LogP contribution in [-0.2, 0) is 0 Å². The minimum Gasteiger partial charge on any atom is -0.268 e. The van der Waals surface area contributed by atoms with E-state index in [1.54, 1.807) is 4.57 Å². The highest BCUT2D eigenvalue weighted by Gasteiger charge is 2.13. The molecule has 0 N–H and O–H groups in total. The Morgan fingerprint density at radius 2 is 1.43 bits per heavy atom. The Hall–Kier alpha value is -3.98. The molecule has 0 bridgehead atoms. The first-order valence-corrected chi connectivity index (χ1v) is 9.96. The van der Waals surface area contributed by atoms with Gasteiger partial charge in [-0.15, -0.1) is 0 Å². The molecule has 4 aromatic carbocycles. The van der Waals surface area contributed by atoms with Crippen molar-refractivity contribution in [1.82, 2.24) is 9.55 Å². The summed E-state index contributed by atoms with van der Waals surface area (Å²) in [5.41, 5.74) is 3.74. The number of hydrogen-bond acceptors (Lipinski definition) is 2. The second kappa shape index (κ2) is 7.45. The first kappa shape index (κ1) is 18.1. The quantitative estimate of drug-likeness (QED) is 0.379. The first-order valence-electron chi connectivity index (χ1n) is 9.96. The van der Waals surface area contributed by atoms with E-state index in [0.717, 1.165) is 22.0 Å². The lowest BCUT2D eigenvalue weighted by Crippen LogP contribution is -2.22. The highest BCUT2D eigenvalue weighted by Crippen LogP contribution is 2.24. The summed E-state index contributed by atoms with van der Waals surface area (Å²) in [5, 5.41) is 2.71. The molecular weight excluding hydrogens is 368 g/mol. The van der Waals surface area contributed by atoms with Crippen LogP contribution in [0.2, 0.25) is 0 Å². The predicted molar refractivity (Wildman–Crippen MR) is 125 cm³/mol. The summed E-state index contributed by atoms with van der Waals surface area (Å²) >= 11 is 0. The maximum atomic E-state index is 13.6. The van der Waals surface area contributed by atoms with Gasteiger partial charge < -0.3 is 0 Å². The molecule has 0 spiro atoms. The van der Waals surface area contributed by atoms with Crippen molar-refractivity contribution in [3.8, 4) is 5.69 Å². The van der Waals surface area contributed by atoms with Gasteiger partial charge in [0.05, 0.1) is 16.6 Å². The fourth-order valence-corrected chi connectivity index (χ4v) is 3.84. The molecule has 3 nitrogen and oxygen atoms in total. The number of fused-ring (bicyclic) bond motifs is 2. The Labute approximate surface area is 174 Å². The zero-order valence-electron chi connectivity index (χ0n) is 16.6. The number of hydrogen-bond donors (Lipinski definition) is 0. The van der Waals surface area contributed by atoms with Crippen molar-refractivity contribution in [2.75, 3.05) is 0 Å². The zero-order valence-corrected chi connectivity index (χ0v) is 16.6. The highest BCUT2D eigenvalue weighted by atomic mass is 16.1. The maximum absolute atomic E-state index is 13.6. The summed E-state index contributed by atoms with van der Waals surface area (Å²) in [6, 6.07) is 29.8. The van der Waals surface area contributed by atoms with Gasteiger partial charge in [-0.3, -0.25) is 9.36 Å². The standard InChI is InChI=1S/C27H20N2O/c1-19-9-2-3-10-20(19)17-18-26-28-24-15-7-6-14-23(24)27(30)29(26)25-16-8-12-21-11-4-5-13-22(21)25/h2-18H,1H3. The van der Waals surface area contributed by atoms with Crippen molar-refractivity contribution < 1.29 is 0 Å². The number of para-hydroxylation sites is 1. The third kappa shape index (κ3) is 3.11. The van der Waals surface area contributed by atoms with Crippen molar-refractivity contribution in [3.63, 3.8) is 0 Å². The van der Waals surface area contributed by atoms with E-state index in [1.807, 2.05) is 78.9 Å². The molecule has 30 heavy (non-hydrogen) atoms. The number of benzene rings is 4. The first-order chi connectivity index (χ1) is 14.7. The topological polar surface area (TPSA) is 34.9 Å². The molecule has 144 valence electrons. The molecule has 0 radical (unpaired) electrons. The second-order valence-corrected chi connectivity index (χ2v) is 7.32. The van der Waals surface area contributed by atoms with Crippen molar-refractivity contribution in [2.24, 2.45) is 0 Å². The molecule has 0 aliphatic heterocycles. The fraction of sp³-hybridized carbons (Fsp3) is 0.0370. The fourth-order valence-electron chi connectivity index (χ4n) is 3.84. The summed E-state index contributed by atoms with van der Waals surface area (Å²) in [4.78, 5) is 18.4. The Kier molecular flexibility index (Phi) is 4.49. The molecule has 1 aromatic heterocycles. The van der Waals surface area contributed by atoms with Gasteiger partial charge >= 0.3 is 0 Å². The van der Waals surface area contributed by atoms with Gasteiger partial charge in [0.1, 0.15) is 5.82 Å². The minimum atomic E-state index is -0.0682. The van der Waals surface area contributed by atoms with Gasteiger partial charge in [-0.05, 0) is 47.7 Å². The number of nitrogens with zero attached hydrogens (tertiary/aromatic N) is 2. The number of aryl methyl sites for hydroxylation is 1. The second-order valence-electron chi connectivity index (χ2n) is 7.32. The average molecular weight is 388 g/mol. The molecule has 5 aromatic rings. The SMILES string of the molecule is Cc1ccccc1C=Cc1nc2ccccc2c(=O)n1-c1cccc2ccccc12. The zero-order chi connectivity index (χ0) is 20.5. The monoisotopic (exact) mass is 388 g/mol. The molecule has 0 amide bonds.